The van der Waals surface area contributed by atoms with E-state index >= 15 is 0 Å². The van der Waals surface area contributed by atoms with Gasteiger partial charge in [0.1, 0.15) is 0 Å². The van der Waals surface area contributed by atoms with E-state index in [2.05, 4.69) is 31.3 Å². The summed E-state index contributed by atoms with van der Waals surface area (Å²) in [5, 5.41) is 23.0. The molecule has 1 amide bonds. The molecule has 0 aromatic heterocycles. The zero-order chi connectivity index (χ0) is 37.1. The summed E-state index contributed by atoms with van der Waals surface area (Å²) in [6.07, 6.45) is 55.9. The van der Waals surface area contributed by atoms with E-state index in [1.165, 1.54) is 199 Å². The highest BCUT2D eigenvalue weighted by molar-refractivity contribution is 5.76. The van der Waals surface area contributed by atoms with Gasteiger partial charge in [0.25, 0.3) is 0 Å². The largest absolute Gasteiger partial charge is 0.394 e. The minimum Gasteiger partial charge on any atom is -0.394 e. The number of nitrogens with one attached hydrogen (secondary N) is 1. The van der Waals surface area contributed by atoms with Gasteiger partial charge in [-0.1, -0.05) is 237 Å². The summed E-state index contributed by atoms with van der Waals surface area (Å²) in [6.45, 7) is 4.31. The van der Waals surface area contributed by atoms with Gasteiger partial charge in [-0.2, -0.15) is 0 Å². The van der Waals surface area contributed by atoms with Gasteiger partial charge >= 0.3 is 0 Å². The average molecular weight is 718 g/mol. The summed E-state index contributed by atoms with van der Waals surface area (Å²) in [4.78, 5) is 12.3. The van der Waals surface area contributed by atoms with Crippen LogP contribution in [0.2, 0.25) is 0 Å². The molecule has 51 heavy (non-hydrogen) atoms. The number of aliphatic hydroxyl groups is 2. The second kappa shape index (κ2) is 43.3. The minimum atomic E-state index is -0.857. The van der Waals surface area contributed by atoms with E-state index in [4.69, 9.17) is 0 Å². The Morgan fingerprint density at radius 2 is 0.765 bits per heavy atom. The maximum Gasteiger partial charge on any atom is 0.220 e. The van der Waals surface area contributed by atoms with Crippen LogP contribution < -0.4 is 5.32 Å². The number of amides is 1. The SMILES string of the molecule is CCCCCCCCCCCCCCCCCCCCCCC/C=C/CC/C=C/C(O)C(CO)NC(=O)CCCCCCCCCCCCCC. The summed E-state index contributed by atoms with van der Waals surface area (Å²) in [5.74, 6) is -0.0725. The molecular weight excluding hydrogens is 627 g/mol. The number of carbonyl (C=O) groups is 1. The maximum absolute atomic E-state index is 12.3. The van der Waals surface area contributed by atoms with Crippen LogP contribution >= 0.6 is 0 Å². The molecule has 0 fully saturated rings. The van der Waals surface area contributed by atoms with E-state index in [0.29, 0.717) is 6.42 Å². The Labute approximate surface area is 319 Å². The first-order chi connectivity index (χ1) is 25.2. The summed E-state index contributed by atoms with van der Waals surface area (Å²) in [5.41, 5.74) is 0. The Kier molecular flexibility index (Phi) is 42.3. The zero-order valence-corrected chi connectivity index (χ0v) is 34.6. The monoisotopic (exact) mass is 718 g/mol. The lowest BCUT2D eigenvalue weighted by molar-refractivity contribution is -0.123. The number of rotatable bonds is 42. The van der Waals surface area contributed by atoms with E-state index in [1.807, 2.05) is 6.08 Å². The fourth-order valence-corrected chi connectivity index (χ4v) is 7.14. The summed E-state index contributed by atoms with van der Waals surface area (Å²) in [7, 11) is 0. The predicted molar refractivity (Wildman–Crippen MR) is 225 cm³/mol. The molecule has 3 N–H and O–H groups in total. The molecule has 2 atom stereocenters. The number of unbranched alkanes of at least 4 members (excludes halogenated alkanes) is 33. The third-order valence-corrected chi connectivity index (χ3v) is 10.7. The van der Waals surface area contributed by atoms with Crippen molar-refractivity contribution in [3.63, 3.8) is 0 Å². The van der Waals surface area contributed by atoms with Crippen LogP contribution in [0.3, 0.4) is 0 Å². The Hall–Kier alpha value is -1.13. The third kappa shape index (κ3) is 39.9. The molecule has 302 valence electrons. The molecule has 2 unspecified atom stereocenters. The molecule has 4 heteroatoms. The van der Waals surface area contributed by atoms with Crippen molar-refractivity contribution in [2.24, 2.45) is 0 Å². The van der Waals surface area contributed by atoms with Gasteiger partial charge in [-0.05, 0) is 32.1 Å². The van der Waals surface area contributed by atoms with Gasteiger partial charge in [0, 0.05) is 6.42 Å². The molecule has 0 aliphatic rings. The summed E-state index contributed by atoms with van der Waals surface area (Å²) in [6, 6.07) is -0.634. The second-order valence-electron chi connectivity index (χ2n) is 15.8. The molecule has 0 bridgehead atoms. The quantitative estimate of drug-likeness (QED) is 0.0435. The minimum absolute atomic E-state index is 0.0725. The maximum atomic E-state index is 12.3. The van der Waals surface area contributed by atoms with E-state index < -0.39 is 12.1 Å². The predicted octanol–water partition coefficient (Wildman–Crippen LogP) is 14.4. The first kappa shape index (κ1) is 49.9. The smallest absolute Gasteiger partial charge is 0.220 e. The molecule has 0 saturated carbocycles. The Morgan fingerprint density at radius 3 is 1.14 bits per heavy atom. The molecule has 0 rings (SSSR count). The fourth-order valence-electron chi connectivity index (χ4n) is 7.14. The highest BCUT2D eigenvalue weighted by Gasteiger charge is 2.17. The Balaban J connectivity index is 3.52. The van der Waals surface area contributed by atoms with Crippen LogP contribution in [-0.2, 0) is 4.79 Å². The van der Waals surface area contributed by atoms with Crippen molar-refractivity contribution in [2.45, 2.75) is 264 Å². The van der Waals surface area contributed by atoms with Crippen molar-refractivity contribution >= 4 is 5.91 Å². The van der Waals surface area contributed by atoms with Gasteiger partial charge in [0.2, 0.25) is 5.91 Å². The number of allylic oxidation sites excluding steroid dienone is 3. The van der Waals surface area contributed by atoms with Crippen LogP contribution in [0.25, 0.3) is 0 Å². The van der Waals surface area contributed by atoms with Crippen molar-refractivity contribution < 1.29 is 15.0 Å². The molecular formula is C47H91NO3. The van der Waals surface area contributed by atoms with Gasteiger partial charge in [-0.3, -0.25) is 4.79 Å². The Bertz CT molecular complexity index is 735. The van der Waals surface area contributed by atoms with Gasteiger partial charge in [-0.15, -0.1) is 0 Å². The van der Waals surface area contributed by atoms with Crippen LogP contribution in [0.15, 0.2) is 24.3 Å². The lowest BCUT2D eigenvalue weighted by Gasteiger charge is -2.19. The van der Waals surface area contributed by atoms with E-state index in [0.717, 1.165) is 32.1 Å². The van der Waals surface area contributed by atoms with Gasteiger partial charge in [-0.25, -0.2) is 0 Å². The number of aliphatic hydroxyl groups excluding tert-OH is 2. The molecule has 0 heterocycles. The summed E-state index contributed by atoms with van der Waals surface area (Å²) < 4.78 is 0. The average Bonchev–Trinajstić information content (AvgIpc) is 3.13. The standard InChI is InChI=1S/C47H91NO3/c1-3-5-7-9-11-13-15-17-18-19-20-21-22-23-24-25-26-27-28-29-30-31-32-34-36-38-40-42-46(50)45(44-49)48-47(51)43-41-39-37-35-33-16-14-12-10-8-6-4-2/h32,34,40,42,45-46,49-50H,3-31,33,35-39,41,43-44H2,1-2H3,(H,48,51)/b34-32+,42-40+. The fraction of sp³-hybridized carbons (Fsp3) is 0.894. The lowest BCUT2D eigenvalue weighted by atomic mass is 10.0. The van der Waals surface area contributed by atoms with Crippen molar-refractivity contribution in [1.82, 2.24) is 5.32 Å². The second-order valence-corrected chi connectivity index (χ2v) is 15.8. The van der Waals surface area contributed by atoms with Crippen LogP contribution in [0, 0.1) is 0 Å². The van der Waals surface area contributed by atoms with Crippen molar-refractivity contribution in [1.29, 1.82) is 0 Å². The molecule has 0 spiro atoms. The zero-order valence-electron chi connectivity index (χ0n) is 34.6. The van der Waals surface area contributed by atoms with Crippen LogP contribution in [0.1, 0.15) is 251 Å². The van der Waals surface area contributed by atoms with Crippen molar-refractivity contribution in [3.8, 4) is 0 Å². The molecule has 0 aromatic rings. The highest BCUT2D eigenvalue weighted by atomic mass is 16.3. The van der Waals surface area contributed by atoms with Crippen molar-refractivity contribution in [2.75, 3.05) is 6.61 Å². The van der Waals surface area contributed by atoms with Crippen molar-refractivity contribution in [3.05, 3.63) is 24.3 Å². The highest BCUT2D eigenvalue weighted by Crippen LogP contribution is 2.16. The third-order valence-electron chi connectivity index (χ3n) is 10.7. The number of carbonyl (C=O) groups excluding carboxylic acids is 1. The lowest BCUT2D eigenvalue weighted by Crippen LogP contribution is -2.45. The number of hydrogen-bond donors (Lipinski definition) is 3. The normalized spacial score (nSPS) is 13.1. The topological polar surface area (TPSA) is 69.6 Å². The molecule has 0 radical (unpaired) electrons. The van der Waals surface area contributed by atoms with Crippen LogP contribution in [-0.4, -0.2) is 34.9 Å². The van der Waals surface area contributed by atoms with Gasteiger partial charge in [0.05, 0.1) is 18.8 Å². The van der Waals surface area contributed by atoms with E-state index in [9.17, 15) is 15.0 Å². The Morgan fingerprint density at radius 1 is 0.451 bits per heavy atom. The van der Waals surface area contributed by atoms with Gasteiger partial charge in [0.15, 0.2) is 0 Å². The number of hydrogen-bond acceptors (Lipinski definition) is 3. The first-order valence-corrected chi connectivity index (χ1v) is 23.1. The molecule has 0 saturated heterocycles. The molecule has 0 aliphatic carbocycles. The first-order valence-electron chi connectivity index (χ1n) is 23.1. The van der Waals surface area contributed by atoms with E-state index in [1.54, 1.807) is 6.08 Å². The molecule has 4 nitrogen and oxygen atoms in total. The van der Waals surface area contributed by atoms with Gasteiger partial charge < -0.3 is 15.5 Å². The molecule has 0 aromatic carbocycles. The van der Waals surface area contributed by atoms with Crippen LogP contribution in [0.5, 0.6) is 0 Å². The van der Waals surface area contributed by atoms with Crippen LogP contribution in [0.4, 0.5) is 0 Å². The summed E-state index contributed by atoms with van der Waals surface area (Å²) >= 11 is 0. The molecule has 0 aliphatic heterocycles. The van der Waals surface area contributed by atoms with E-state index in [-0.39, 0.29) is 12.5 Å².